The lowest BCUT2D eigenvalue weighted by Gasteiger charge is -2.05. The van der Waals surface area contributed by atoms with E-state index in [2.05, 4.69) is 48.5 Å². The van der Waals surface area contributed by atoms with Gasteiger partial charge in [-0.15, -0.1) is 0 Å². The Hall–Kier alpha value is -2.87. The predicted molar refractivity (Wildman–Crippen MR) is 108 cm³/mol. The molecule has 0 radical (unpaired) electrons. The third-order valence-electron chi connectivity index (χ3n) is 3.83. The fourth-order valence-corrected chi connectivity index (χ4v) is 3.01. The molecule has 0 bridgehead atoms. The maximum absolute atomic E-state index is 10.6. The summed E-state index contributed by atoms with van der Waals surface area (Å²) >= 11 is 0. The van der Waals surface area contributed by atoms with E-state index in [4.69, 9.17) is 9.42 Å². The van der Waals surface area contributed by atoms with Crippen molar-refractivity contribution in [2.24, 2.45) is 0 Å². The topological polar surface area (TPSA) is 46.5 Å². The van der Waals surface area contributed by atoms with Gasteiger partial charge in [0.15, 0.2) is 0 Å². The molecular formula is C22H19O3P. The normalized spacial score (nSPS) is 11.3. The molecule has 1 unspecified atom stereocenters. The van der Waals surface area contributed by atoms with E-state index in [-0.39, 0.29) is 0 Å². The maximum Gasteiger partial charge on any atom is 0.365 e. The van der Waals surface area contributed by atoms with Crippen molar-refractivity contribution in [1.29, 1.82) is 0 Å². The molecule has 0 aliphatic heterocycles. The molecule has 3 nitrogen and oxygen atoms in total. The quantitative estimate of drug-likeness (QED) is 0.458. The summed E-state index contributed by atoms with van der Waals surface area (Å²) in [6.45, 7) is 0. The molecule has 0 heterocycles. The summed E-state index contributed by atoms with van der Waals surface area (Å²) in [7, 11) is -2.93. The van der Waals surface area contributed by atoms with Crippen LogP contribution >= 0.6 is 8.25 Å². The standard InChI is InChI=1S/C12H10.C10H9O3P/c1-3-7-11(8-4-1)12-9-5-2-6-10-12;11-14(12)13-10-7-3-5-8-4-1-2-6-9(8)10/h1-10H;1-7,14H,(H,11,12). The highest BCUT2D eigenvalue weighted by atomic mass is 31.1. The van der Waals surface area contributed by atoms with E-state index in [1.165, 1.54) is 11.1 Å². The van der Waals surface area contributed by atoms with E-state index in [9.17, 15) is 4.57 Å². The second-order valence-corrected chi connectivity index (χ2v) is 6.31. The largest absolute Gasteiger partial charge is 0.426 e. The third kappa shape index (κ3) is 4.82. The monoisotopic (exact) mass is 362 g/mol. The molecule has 0 spiro atoms. The first-order chi connectivity index (χ1) is 12.7. The summed E-state index contributed by atoms with van der Waals surface area (Å²) in [5.41, 5.74) is 2.55. The number of rotatable bonds is 3. The summed E-state index contributed by atoms with van der Waals surface area (Å²) in [5.74, 6) is 0.453. The van der Waals surface area contributed by atoms with Gasteiger partial charge in [0.05, 0.1) is 0 Å². The molecule has 26 heavy (non-hydrogen) atoms. The lowest BCUT2D eigenvalue weighted by Crippen LogP contribution is -1.81. The van der Waals surface area contributed by atoms with Crippen molar-refractivity contribution in [3.8, 4) is 16.9 Å². The molecule has 0 aliphatic rings. The number of fused-ring (bicyclic) bond motifs is 1. The van der Waals surface area contributed by atoms with Crippen molar-refractivity contribution in [3.05, 3.63) is 103 Å². The summed E-state index contributed by atoms with van der Waals surface area (Å²) in [5, 5.41) is 1.84. The molecule has 0 aromatic heterocycles. The van der Waals surface area contributed by atoms with Crippen LogP contribution in [0, 0.1) is 0 Å². The van der Waals surface area contributed by atoms with Crippen molar-refractivity contribution >= 4 is 19.0 Å². The Balaban J connectivity index is 0.000000152. The lowest BCUT2D eigenvalue weighted by molar-refractivity contribution is 0.412. The number of hydrogen-bond acceptors (Lipinski definition) is 2. The van der Waals surface area contributed by atoms with Crippen molar-refractivity contribution in [2.45, 2.75) is 0 Å². The first kappa shape index (κ1) is 17.9. The van der Waals surface area contributed by atoms with Gasteiger partial charge in [0, 0.05) is 5.39 Å². The van der Waals surface area contributed by atoms with Gasteiger partial charge in [-0.2, -0.15) is 0 Å². The average Bonchev–Trinajstić information content (AvgIpc) is 2.70. The molecule has 130 valence electrons. The van der Waals surface area contributed by atoms with Gasteiger partial charge < -0.3 is 9.42 Å². The van der Waals surface area contributed by atoms with Gasteiger partial charge in [0.1, 0.15) is 5.75 Å². The average molecular weight is 362 g/mol. The van der Waals surface area contributed by atoms with Crippen LogP contribution in [-0.2, 0) is 4.57 Å². The van der Waals surface area contributed by atoms with Gasteiger partial charge in [0.2, 0.25) is 0 Å². The van der Waals surface area contributed by atoms with E-state index < -0.39 is 8.25 Å². The van der Waals surface area contributed by atoms with Gasteiger partial charge >= 0.3 is 8.25 Å². The molecule has 4 rings (SSSR count). The Labute approximate surface area is 153 Å². The van der Waals surface area contributed by atoms with Gasteiger partial charge in [-0.3, -0.25) is 0 Å². The van der Waals surface area contributed by atoms with Crippen LogP contribution in [-0.4, -0.2) is 4.89 Å². The Morgan fingerprint density at radius 3 is 1.69 bits per heavy atom. The summed E-state index contributed by atoms with van der Waals surface area (Å²) < 4.78 is 15.4. The van der Waals surface area contributed by atoms with E-state index in [1.807, 2.05) is 42.5 Å². The number of hydrogen-bond donors (Lipinski definition) is 1. The second-order valence-electron chi connectivity index (χ2n) is 5.58. The molecule has 0 saturated heterocycles. The molecule has 0 saturated carbocycles. The molecule has 4 aromatic carbocycles. The second kappa shape index (κ2) is 9.00. The van der Waals surface area contributed by atoms with Crippen LogP contribution in [0.3, 0.4) is 0 Å². The molecule has 1 atom stereocenters. The summed E-state index contributed by atoms with van der Waals surface area (Å²) in [4.78, 5) is 8.69. The van der Waals surface area contributed by atoms with Crippen LogP contribution in [0.5, 0.6) is 5.75 Å². The van der Waals surface area contributed by atoms with E-state index in [1.54, 1.807) is 12.1 Å². The van der Waals surface area contributed by atoms with Crippen LogP contribution in [0.25, 0.3) is 21.9 Å². The van der Waals surface area contributed by atoms with E-state index in [0.717, 1.165) is 10.8 Å². The van der Waals surface area contributed by atoms with Crippen LogP contribution in [0.4, 0.5) is 0 Å². The van der Waals surface area contributed by atoms with Crippen molar-refractivity contribution in [1.82, 2.24) is 0 Å². The van der Waals surface area contributed by atoms with E-state index in [0.29, 0.717) is 5.75 Å². The van der Waals surface area contributed by atoms with Gasteiger partial charge in [-0.05, 0) is 22.6 Å². The molecule has 0 aliphatic carbocycles. The third-order valence-corrected chi connectivity index (χ3v) is 4.22. The molecule has 0 amide bonds. The minimum Gasteiger partial charge on any atom is -0.426 e. The van der Waals surface area contributed by atoms with Gasteiger partial charge in [-0.1, -0.05) is 97.1 Å². The molecule has 4 aromatic rings. The van der Waals surface area contributed by atoms with Gasteiger partial charge in [0.25, 0.3) is 0 Å². The zero-order valence-corrected chi connectivity index (χ0v) is 15.1. The summed E-state index contributed by atoms with van der Waals surface area (Å²) in [6.07, 6.45) is 0. The van der Waals surface area contributed by atoms with Crippen molar-refractivity contribution in [2.75, 3.05) is 0 Å². The van der Waals surface area contributed by atoms with Crippen molar-refractivity contribution in [3.63, 3.8) is 0 Å². The first-order valence-corrected chi connectivity index (χ1v) is 9.49. The zero-order valence-electron chi connectivity index (χ0n) is 14.1. The first-order valence-electron chi connectivity index (χ1n) is 8.23. The highest BCUT2D eigenvalue weighted by Gasteiger charge is 2.02. The minimum absolute atomic E-state index is 0.453. The molecule has 4 heteroatoms. The molecule has 1 N–H and O–H groups in total. The minimum atomic E-state index is -2.93. The van der Waals surface area contributed by atoms with Crippen LogP contribution in [0.1, 0.15) is 0 Å². The Kier molecular flexibility index (Phi) is 6.21. The lowest BCUT2D eigenvalue weighted by atomic mass is 10.1. The Morgan fingerprint density at radius 2 is 1.12 bits per heavy atom. The Morgan fingerprint density at radius 1 is 0.615 bits per heavy atom. The highest BCUT2D eigenvalue weighted by Crippen LogP contribution is 2.30. The Bertz CT molecular complexity index is 943. The number of benzene rings is 4. The SMILES string of the molecule is O=[PH](O)Oc1cccc2ccccc12.c1ccc(-c2ccccc2)cc1. The van der Waals surface area contributed by atoms with Crippen LogP contribution in [0.2, 0.25) is 0 Å². The van der Waals surface area contributed by atoms with E-state index >= 15 is 0 Å². The highest BCUT2D eigenvalue weighted by molar-refractivity contribution is 7.32. The maximum atomic E-state index is 10.6. The molecule has 0 fully saturated rings. The van der Waals surface area contributed by atoms with Crippen LogP contribution in [0.15, 0.2) is 103 Å². The fourth-order valence-electron chi connectivity index (χ4n) is 2.64. The van der Waals surface area contributed by atoms with Gasteiger partial charge in [-0.25, -0.2) is 4.57 Å². The van der Waals surface area contributed by atoms with Crippen LogP contribution < -0.4 is 4.52 Å². The predicted octanol–water partition coefficient (Wildman–Crippen LogP) is 5.95. The smallest absolute Gasteiger partial charge is 0.365 e. The summed E-state index contributed by atoms with van der Waals surface area (Å²) in [6, 6.07) is 33.7. The fraction of sp³-hybridized carbons (Fsp3) is 0. The molecular weight excluding hydrogens is 343 g/mol. The van der Waals surface area contributed by atoms with Crippen molar-refractivity contribution < 1.29 is 14.0 Å². The zero-order chi connectivity index (χ0) is 18.2.